The normalized spacial score (nSPS) is 10.2. The van der Waals surface area contributed by atoms with E-state index in [0.29, 0.717) is 12.1 Å². The van der Waals surface area contributed by atoms with Gasteiger partial charge in [0, 0.05) is 12.1 Å². The van der Waals surface area contributed by atoms with Crippen molar-refractivity contribution in [2.45, 2.75) is 26.4 Å². The molecule has 1 N–H and O–H groups in total. The van der Waals surface area contributed by atoms with E-state index < -0.39 is 11.7 Å². The van der Waals surface area contributed by atoms with Crippen LogP contribution in [0.25, 0.3) is 0 Å². The Morgan fingerprint density at radius 3 is 1.82 bits per heavy atom. The minimum atomic E-state index is -4.21. The van der Waals surface area contributed by atoms with Crippen LogP contribution >= 0.6 is 0 Å². The fraction of sp³-hybridized carbons (Fsp3) is 0.333. The van der Waals surface area contributed by atoms with Crippen molar-refractivity contribution in [1.29, 1.82) is 5.41 Å². The first-order valence-corrected chi connectivity index (χ1v) is 4.89. The van der Waals surface area contributed by atoms with Gasteiger partial charge >= 0.3 is 6.18 Å². The number of Topliss-reactive ketones (excluding diaryl/α,β-unsaturated/α-hetero) is 1. The third-order valence-corrected chi connectivity index (χ3v) is 1.62. The van der Waals surface area contributed by atoms with Gasteiger partial charge in [-0.2, -0.15) is 13.2 Å². The Morgan fingerprint density at radius 1 is 1.18 bits per heavy atom. The summed E-state index contributed by atoms with van der Waals surface area (Å²) in [5, 5.41) is 6.80. The summed E-state index contributed by atoms with van der Waals surface area (Å²) in [5.41, 5.74) is -0.164. The summed E-state index contributed by atoms with van der Waals surface area (Å²) in [6, 6.07) is 6.36. The average Bonchev–Trinajstić information content (AvgIpc) is 2.16. The maximum Gasteiger partial charge on any atom is 0.416 e. The van der Waals surface area contributed by atoms with E-state index in [1.54, 1.807) is 13.0 Å². The quantitative estimate of drug-likeness (QED) is 0.793. The van der Waals surface area contributed by atoms with Crippen molar-refractivity contribution < 1.29 is 18.0 Å². The molecule has 17 heavy (non-hydrogen) atoms. The minimum Gasteiger partial charge on any atom is -0.310 e. The van der Waals surface area contributed by atoms with E-state index in [9.17, 15) is 18.0 Å². The van der Waals surface area contributed by atoms with E-state index in [0.717, 1.165) is 12.1 Å². The largest absolute Gasteiger partial charge is 0.416 e. The molecule has 0 aliphatic heterocycles. The zero-order valence-corrected chi connectivity index (χ0v) is 9.64. The van der Waals surface area contributed by atoms with Crippen LogP contribution in [0.1, 0.15) is 25.8 Å². The Balaban J connectivity index is 0.000000325. The highest BCUT2D eigenvalue weighted by Crippen LogP contribution is 2.28. The molecule has 1 aromatic carbocycles. The lowest BCUT2D eigenvalue weighted by atomic mass is 10.2. The molecule has 1 rings (SSSR count). The summed E-state index contributed by atoms with van der Waals surface area (Å²) in [7, 11) is 0. The molecule has 0 saturated carbocycles. The van der Waals surface area contributed by atoms with Crippen LogP contribution in [0.5, 0.6) is 0 Å². The number of hydrogen-bond acceptors (Lipinski definition) is 2. The van der Waals surface area contributed by atoms with Crippen LogP contribution in [0, 0.1) is 5.41 Å². The molecule has 0 saturated heterocycles. The molecule has 0 heterocycles. The number of carbonyl (C=O) groups is 1. The third-order valence-electron chi connectivity index (χ3n) is 1.62. The number of nitrogens with one attached hydrogen (secondary N) is 1. The lowest BCUT2D eigenvalue weighted by Crippen LogP contribution is -2.03. The second kappa shape index (κ2) is 6.83. The number of alkyl halides is 3. The second-order valence-corrected chi connectivity index (χ2v) is 3.52. The van der Waals surface area contributed by atoms with E-state index in [1.165, 1.54) is 19.1 Å². The minimum absolute atomic E-state index is 0.0625. The Hall–Kier alpha value is -1.65. The Labute approximate surface area is 98.0 Å². The summed E-state index contributed by atoms with van der Waals surface area (Å²) in [6.45, 7) is 3.11. The molecule has 0 aromatic heterocycles. The number of hydrogen-bond donors (Lipinski definition) is 1. The van der Waals surface area contributed by atoms with Crippen LogP contribution < -0.4 is 0 Å². The first-order valence-electron chi connectivity index (χ1n) is 4.89. The molecule has 94 valence electrons. The lowest BCUT2D eigenvalue weighted by molar-refractivity contribution is -0.137. The monoisotopic (exact) mass is 245 g/mol. The van der Waals surface area contributed by atoms with Crippen molar-refractivity contribution in [3.63, 3.8) is 0 Å². The highest BCUT2D eigenvalue weighted by Gasteiger charge is 2.29. The number of carbonyl (C=O) groups excluding carboxylic acids is 1. The highest BCUT2D eigenvalue weighted by molar-refractivity contribution is 5.98. The Morgan fingerprint density at radius 2 is 1.65 bits per heavy atom. The summed E-state index contributed by atoms with van der Waals surface area (Å²) in [5.74, 6) is 0.0625. The summed E-state index contributed by atoms with van der Waals surface area (Å²) < 4.78 is 35.4. The van der Waals surface area contributed by atoms with Crippen LogP contribution in [0.2, 0.25) is 0 Å². The first-order chi connectivity index (χ1) is 7.73. The molecular weight excluding hydrogens is 231 g/mol. The zero-order chi connectivity index (χ0) is 13.5. The van der Waals surface area contributed by atoms with Crippen LogP contribution in [-0.2, 0) is 11.0 Å². The van der Waals surface area contributed by atoms with Gasteiger partial charge in [0.05, 0.1) is 5.56 Å². The number of rotatable bonds is 2. The van der Waals surface area contributed by atoms with E-state index in [4.69, 9.17) is 5.41 Å². The summed E-state index contributed by atoms with van der Waals surface area (Å²) in [6.07, 6.45) is -3.90. The van der Waals surface area contributed by atoms with Crippen LogP contribution in [0.3, 0.4) is 0 Å². The van der Waals surface area contributed by atoms with Crippen molar-refractivity contribution >= 4 is 11.5 Å². The van der Waals surface area contributed by atoms with E-state index >= 15 is 0 Å². The topological polar surface area (TPSA) is 40.9 Å². The van der Waals surface area contributed by atoms with Gasteiger partial charge < -0.3 is 5.41 Å². The van der Waals surface area contributed by atoms with E-state index in [-0.39, 0.29) is 5.78 Å². The van der Waals surface area contributed by atoms with Gasteiger partial charge in [0.1, 0.15) is 5.78 Å². The van der Waals surface area contributed by atoms with Crippen molar-refractivity contribution in [1.82, 2.24) is 0 Å². The molecule has 0 atom stereocenters. The van der Waals surface area contributed by atoms with Crippen molar-refractivity contribution in [2.75, 3.05) is 0 Å². The maximum atomic E-state index is 11.8. The van der Waals surface area contributed by atoms with Gasteiger partial charge in [-0.15, -0.1) is 0 Å². The van der Waals surface area contributed by atoms with Crippen molar-refractivity contribution in [3.8, 4) is 0 Å². The lowest BCUT2D eigenvalue weighted by Gasteiger charge is -2.03. The molecule has 0 unspecified atom stereocenters. The smallest absolute Gasteiger partial charge is 0.310 e. The molecule has 2 nitrogen and oxygen atoms in total. The van der Waals surface area contributed by atoms with Gasteiger partial charge in [-0.25, -0.2) is 0 Å². The molecule has 1 aromatic rings. The van der Waals surface area contributed by atoms with Gasteiger partial charge in [-0.05, 0) is 13.8 Å². The number of benzene rings is 1. The first kappa shape index (κ1) is 15.4. The molecular formula is C12H14F3NO. The molecule has 0 bridgehead atoms. The van der Waals surface area contributed by atoms with Gasteiger partial charge in [-0.1, -0.05) is 30.3 Å². The van der Waals surface area contributed by atoms with Gasteiger partial charge in [0.15, 0.2) is 0 Å². The summed E-state index contributed by atoms with van der Waals surface area (Å²) >= 11 is 0. The molecule has 0 amide bonds. The second-order valence-electron chi connectivity index (χ2n) is 3.52. The maximum absolute atomic E-state index is 11.8. The highest BCUT2D eigenvalue weighted by atomic mass is 19.4. The fourth-order valence-corrected chi connectivity index (χ4v) is 1.00. The molecule has 0 spiro atoms. The Bertz CT molecular complexity index is 359. The molecule has 0 aliphatic carbocycles. The van der Waals surface area contributed by atoms with Crippen LogP contribution in [-0.4, -0.2) is 11.5 Å². The van der Waals surface area contributed by atoms with Crippen LogP contribution in [0.15, 0.2) is 30.3 Å². The summed E-state index contributed by atoms with van der Waals surface area (Å²) in [4.78, 5) is 10.1. The molecule has 0 aliphatic rings. The molecule has 0 radical (unpaired) electrons. The SMILES string of the molecule is CC(=N)CC(C)=O.FC(F)(F)c1ccccc1. The van der Waals surface area contributed by atoms with Gasteiger partial charge in [0.25, 0.3) is 0 Å². The predicted molar refractivity (Wildman–Crippen MR) is 60.1 cm³/mol. The molecule has 0 fully saturated rings. The average molecular weight is 245 g/mol. The number of halogens is 3. The van der Waals surface area contributed by atoms with E-state index in [2.05, 4.69) is 0 Å². The fourth-order valence-electron chi connectivity index (χ4n) is 1.00. The zero-order valence-electron chi connectivity index (χ0n) is 9.64. The third kappa shape index (κ3) is 8.19. The molecule has 5 heteroatoms. The van der Waals surface area contributed by atoms with Crippen molar-refractivity contribution in [3.05, 3.63) is 35.9 Å². The number of ketones is 1. The van der Waals surface area contributed by atoms with E-state index in [1.807, 2.05) is 0 Å². The van der Waals surface area contributed by atoms with Crippen molar-refractivity contribution in [2.24, 2.45) is 0 Å². The predicted octanol–water partition coefficient (Wildman–Crippen LogP) is 3.71. The van der Waals surface area contributed by atoms with Gasteiger partial charge in [-0.3, -0.25) is 4.79 Å². The standard InChI is InChI=1S/C7H5F3.C5H9NO/c8-7(9,10)6-4-2-1-3-5-6;1-4(6)3-5(2)7/h1-5H;6H,3H2,1-2H3. The van der Waals surface area contributed by atoms with Gasteiger partial charge in [0.2, 0.25) is 0 Å². The Kier molecular flexibility index (Phi) is 6.17. The van der Waals surface area contributed by atoms with Crippen LogP contribution in [0.4, 0.5) is 13.2 Å².